The summed E-state index contributed by atoms with van der Waals surface area (Å²) in [5.41, 5.74) is -0.666. The van der Waals surface area contributed by atoms with Gasteiger partial charge in [-0.2, -0.15) is 10.5 Å². The van der Waals surface area contributed by atoms with Gasteiger partial charge in [0.15, 0.2) is 0 Å². The van der Waals surface area contributed by atoms with Crippen molar-refractivity contribution in [3.05, 3.63) is 30.1 Å². The number of anilines is 1. The molecule has 1 aliphatic carbocycles. The number of likely N-dealkylation sites (tertiary alicyclic amines) is 1. The predicted molar refractivity (Wildman–Crippen MR) is 95.5 cm³/mol. The average Bonchev–Trinajstić information content (AvgIpc) is 2.68. The van der Waals surface area contributed by atoms with Gasteiger partial charge >= 0.3 is 0 Å². The zero-order valence-electron chi connectivity index (χ0n) is 15.2. The molecule has 28 heavy (non-hydrogen) atoms. The minimum Gasteiger partial charge on any atom is -0.325 e. The lowest BCUT2D eigenvalue weighted by Crippen LogP contribution is -2.61. The number of piperidine rings is 1. The van der Waals surface area contributed by atoms with Crippen LogP contribution in [0.15, 0.2) is 24.3 Å². The Balaban J connectivity index is 1.82. The number of nitrogens with one attached hydrogen (secondary N) is 1. The third-order valence-corrected chi connectivity index (χ3v) is 5.65. The van der Waals surface area contributed by atoms with E-state index >= 15 is 0 Å². The second-order valence-electron chi connectivity index (χ2n) is 7.24. The molecule has 0 radical (unpaired) electrons. The van der Waals surface area contributed by atoms with Crippen molar-refractivity contribution in [2.75, 3.05) is 11.9 Å². The molecule has 1 aromatic carbocycles. The average molecular weight is 382 g/mol. The first-order valence-corrected chi connectivity index (χ1v) is 9.13. The first kappa shape index (κ1) is 19.5. The maximum absolute atomic E-state index is 13.0. The Morgan fingerprint density at radius 3 is 2.11 bits per heavy atom. The van der Waals surface area contributed by atoms with Gasteiger partial charge in [0.05, 0.1) is 12.1 Å². The molecular formula is C20H19FN4O3. The van der Waals surface area contributed by atoms with Crippen LogP contribution in [0.25, 0.3) is 0 Å². The second-order valence-corrected chi connectivity index (χ2v) is 7.24. The number of nitrogens with zero attached hydrogens (tertiary/aromatic N) is 3. The Bertz CT molecular complexity index is 842. The highest BCUT2D eigenvalue weighted by molar-refractivity contribution is 6.07. The summed E-state index contributed by atoms with van der Waals surface area (Å²) in [6, 6.07) is 9.00. The number of carbonyl (C=O) groups is 3. The van der Waals surface area contributed by atoms with Crippen molar-refractivity contribution < 1.29 is 18.8 Å². The van der Waals surface area contributed by atoms with Gasteiger partial charge in [-0.3, -0.25) is 19.3 Å². The summed E-state index contributed by atoms with van der Waals surface area (Å²) in [5, 5.41) is 21.8. The highest BCUT2D eigenvalue weighted by Crippen LogP contribution is 2.51. The summed E-state index contributed by atoms with van der Waals surface area (Å²) in [6.45, 7) is -0.596. The largest absolute Gasteiger partial charge is 0.325 e. The van der Waals surface area contributed by atoms with E-state index in [1.165, 1.54) is 12.1 Å². The lowest BCUT2D eigenvalue weighted by atomic mass is 9.57. The monoisotopic (exact) mass is 382 g/mol. The number of halogens is 1. The van der Waals surface area contributed by atoms with Gasteiger partial charge in [-0.1, -0.05) is 19.3 Å². The van der Waals surface area contributed by atoms with E-state index in [1.807, 2.05) is 12.1 Å². The number of nitriles is 2. The van der Waals surface area contributed by atoms with Gasteiger partial charge in [-0.05, 0) is 37.1 Å². The first-order chi connectivity index (χ1) is 13.4. The van der Waals surface area contributed by atoms with E-state index in [1.54, 1.807) is 0 Å². The molecule has 1 aromatic rings. The highest BCUT2D eigenvalue weighted by Gasteiger charge is 2.59. The van der Waals surface area contributed by atoms with Crippen LogP contribution in [0, 0.1) is 45.7 Å². The first-order valence-electron chi connectivity index (χ1n) is 9.13. The summed E-state index contributed by atoms with van der Waals surface area (Å²) < 4.78 is 13.0. The molecule has 1 aliphatic heterocycles. The fourth-order valence-electron chi connectivity index (χ4n) is 4.27. The third kappa shape index (κ3) is 3.34. The van der Waals surface area contributed by atoms with E-state index in [2.05, 4.69) is 5.32 Å². The number of hydrogen-bond acceptors (Lipinski definition) is 5. The molecule has 1 saturated carbocycles. The molecule has 1 heterocycles. The maximum Gasteiger partial charge on any atom is 0.247 e. The SMILES string of the molecule is N#CC1C(=O)N(CC(=O)Nc2ccc(F)cc2)C(=O)C(C#N)C12CCCCC2. The topological polar surface area (TPSA) is 114 Å². The number of hydrogen-bond donors (Lipinski definition) is 1. The lowest BCUT2D eigenvalue weighted by molar-refractivity contribution is -0.164. The molecule has 1 spiro atoms. The highest BCUT2D eigenvalue weighted by atomic mass is 19.1. The number of imide groups is 1. The molecule has 2 fully saturated rings. The van der Waals surface area contributed by atoms with E-state index < -0.39 is 47.3 Å². The van der Waals surface area contributed by atoms with E-state index in [-0.39, 0.29) is 0 Å². The molecule has 1 N–H and O–H groups in total. The zero-order valence-corrected chi connectivity index (χ0v) is 15.2. The normalized spacial score (nSPS) is 23.8. The van der Waals surface area contributed by atoms with Crippen LogP contribution in [-0.4, -0.2) is 29.2 Å². The summed E-state index contributed by atoms with van der Waals surface area (Å²) in [4.78, 5) is 38.8. The number of amides is 3. The fourth-order valence-corrected chi connectivity index (χ4v) is 4.27. The Labute approximate surface area is 161 Å². The summed E-state index contributed by atoms with van der Waals surface area (Å²) in [5.74, 6) is -4.85. The minimum absolute atomic E-state index is 0.306. The molecule has 1 saturated heterocycles. The standard InChI is InChI=1S/C20H19FN4O3/c21-13-4-6-14(7-5-13)24-17(26)12-25-18(27)15(10-22)20(8-2-1-3-9-20)16(11-23)19(25)28/h4-7,15-16H,1-3,8-9,12H2,(H,24,26). The molecular weight excluding hydrogens is 363 g/mol. The molecule has 2 unspecified atom stereocenters. The van der Waals surface area contributed by atoms with E-state index in [0.717, 1.165) is 31.4 Å². The van der Waals surface area contributed by atoms with Crippen LogP contribution in [0.1, 0.15) is 32.1 Å². The van der Waals surface area contributed by atoms with E-state index in [9.17, 15) is 29.3 Å². The molecule has 2 atom stereocenters. The number of rotatable bonds is 3. The fraction of sp³-hybridized carbons (Fsp3) is 0.450. The van der Waals surface area contributed by atoms with Crippen molar-refractivity contribution in [1.82, 2.24) is 4.90 Å². The Kier molecular flexibility index (Phi) is 5.41. The molecule has 3 amide bonds. The van der Waals surface area contributed by atoms with Crippen LogP contribution in [0.3, 0.4) is 0 Å². The van der Waals surface area contributed by atoms with Crippen molar-refractivity contribution >= 4 is 23.4 Å². The smallest absolute Gasteiger partial charge is 0.247 e. The van der Waals surface area contributed by atoms with Gasteiger partial charge in [-0.25, -0.2) is 4.39 Å². The van der Waals surface area contributed by atoms with Gasteiger partial charge in [-0.15, -0.1) is 0 Å². The van der Waals surface area contributed by atoms with Crippen molar-refractivity contribution in [2.24, 2.45) is 17.3 Å². The Morgan fingerprint density at radius 1 is 1.07 bits per heavy atom. The van der Waals surface area contributed by atoms with Gasteiger partial charge in [0.25, 0.3) is 0 Å². The molecule has 144 valence electrons. The Hall–Kier alpha value is -3.26. The molecule has 0 bridgehead atoms. The Morgan fingerprint density at radius 2 is 1.61 bits per heavy atom. The molecule has 8 heteroatoms. The van der Waals surface area contributed by atoms with Crippen molar-refractivity contribution in [2.45, 2.75) is 32.1 Å². The van der Waals surface area contributed by atoms with E-state index in [4.69, 9.17) is 0 Å². The van der Waals surface area contributed by atoms with Crippen molar-refractivity contribution in [1.29, 1.82) is 10.5 Å². The molecule has 2 aliphatic rings. The van der Waals surface area contributed by atoms with E-state index in [0.29, 0.717) is 23.4 Å². The van der Waals surface area contributed by atoms with Gasteiger partial charge in [0.1, 0.15) is 24.2 Å². The predicted octanol–water partition coefficient (Wildman–Crippen LogP) is 2.36. The minimum atomic E-state index is -1.13. The van der Waals surface area contributed by atoms with Crippen LogP contribution in [0.4, 0.5) is 10.1 Å². The van der Waals surface area contributed by atoms with Gasteiger partial charge in [0, 0.05) is 11.1 Å². The van der Waals surface area contributed by atoms with Crippen LogP contribution in [0.2, 0.25) is 0 Å². The number of benzene rings is 1. The summed E-state index contributed by atoms with van der Waals surface area (Å²) in [7, 11) is 0. The van der Waals surface area contributed by atoms with Crippen LogP contribution in [-0.2, 0) is 14.4 Å². The van der Waals surface area contributed by atoms with Crippen molar-refractivity contribution in [3.8, 4) is 12.1 Å². The second kappa shape index (κ2) is 7.77. The van der Waals surface area contributed by atoms with Crippen LogP contribution < -0.4 is 5.32 Å². The maximum atomic E-state index is 13.0. The lowest BCUT2D eigenvalue weighted by Gasteiger charge is -2.47. The third-order valence-electron chi connectivity index (χ3n) is 5.65. The molecule has 3 rings (SSSR count). The van der Waals surface area contributed by atoms with Crippen molar-refractivity contribution in [3.63, 3.8) is 0 Å². The summed E-state index contributed by atoms with van der Waals surface area (Å²) >= 11 is 0. The molecule has 0 aromatic heterocycles. The number of carbonyl (C=O) groups excluding carboxylic acids is 3. The molecule has 7 nitrogen and oxygen atoms in total. The summed E-state index contributed by atoms with van der Waals surface area (Å²) in [6.07, 6.45) is 3.38. The zero-order chi connectivity index (χ0) is 20.3. The van der Waals surface area contributed by atoms with Crippen LogP contribution >= 0.6 is 0 Å². The quantitative estimate of drug-likeness (QED) is 0.806. The van der Waals surface area contributed by atoms with Gasteiger partial charge < -0.3 is 5.32 Å². The van der Waals surface area contributed by atoms with Crippen LogP contribution in [0.5, 0.6) is 0 Å². The van der Waals surface area contributed by atoms with Gasteiger partial charge in [0.2, 0.25) is 17.7 Å².